The molecule has 2 aromatic carbocycles. The molecule has 1 atom stereocenters. The fourth-order valence-electron chi connectivity index (χ4n) is 3.17. The maximum atomic E-state index is 12.8. The summed E-state index contributed by atoms with van der Waals surface area (Å²) in [7, 11) is 0. The van der Waals surface area contributed by atoms with Crippen molar-refractivity contribution in [3.8, 4) is 0 Å². The van der Waals surface area contributed by atoms with Gasteiger partial charge in [0.05, 0.1) is 6.10 Å². The first-order valence-corrected chi connectivity index (χ1v) is 8.79. The second-order valence-corrected chi connectivity index (χ2v) is 6.76. The number of hydrogen-bond donors (Lipinski definition) is 1. The Bertz CT molecular complexity index is 758. The van der Waals surface area contributed by atoms with Crippen LogP contribution in [0.4, 0.5) is 0 Å². The number of aliphatic hydroxyl groups excluding tert-OH is 1. The van der Waals surface area contributed by atoms with E-state index in [9.17, 15) is 14.7 Å². The first kappa shape index (κ1) is 18.9. The lowest BCUT2D eigenvalue weighted by atomic mass is 9.86. The Morgan fingerprint density at radius 1 is 0.926 bits per heavy atom. The van der Waals surface area contributed by atoms with Crippen LogP contribution in [0, 0.1) is 5.41 Å². The largest absolute Gasteiger partial charge is 0.460 e. The van der Waals surface area contributed by atoms with Crippen molar-refractivity contribution in [3.63, 3.8) is 0 Å². The van der Waals surface area contributed by atoms with Gasteiger partial charge in [-0.15, -0.1) is 0 Å². The fourth-order valence-corrected chi connectivity index (χ4v) is 3.17. The number of ether oxygens (including phenoxy) is 2. The van der Waals surface area contributed by atoms with Crippen LogP contribution in [0.3, 0.4) is 0 Å². The van der Waals surface area contributed by atoms with Gasteiger partial charge in [-0.1, -0.05) is 67.2 Å². The summed E-state index contributed by atoms with van der Waals surface area (Å²) in [6, 6.07) is 18.4. The van der Waals surface area contributed by atoms with Gasteiger partial charge in [-0.3, -0.25) is 9.59 Å². The summed E-state index contributed by atoms with van der Waals surface area (Å²) < 4.78 is 10.8. The third-order valence-electron chi connectivity index (χ3n) is 4.75. The van der Waals surface area contributed by atoms with Crippen LogP contribution in [0.5, 0.6) is 0 Å². The Labute approximate surface area is 158 Å². The number of carbonyl (C=O) groups is 2. The van der Waals surface area contributed by atoms with Crippen molar-refractivity contribution in [1.82, 2.24) is 0 Å². The van der Waals surface area contributed by atoms with Crippen LogP contribution in [-0.2, 0) is 32.3 Å². The first-order valence-electron chi connectivity index (χ1n) is 8.79. The van der Waals surface area contributed by atoms with Gasteiger partial charge < -0.3 is 14.6 Å². The molecule has 5 heteroatoms. The van der Waals surface area contributed by atoms with E-state index in [1.165, 1.54) is 0 Å². The van der Waals surface area contributed by atoms with E-state index in [2.05, 4.69) is 6.58 Å². The molecule has 1 fully saturated rings. The summed E-state index contributed by atoms with van der Waals surface area (Å²) in [6.45, 7) is 3.87. The third-order valence-corrected chi connectivity index (χ3v) is 4.75. The average molecular weight is 366 g/mol. The minimum atomic E-state index is -1.56. The molecule has 27 heavy (non-hydrogen) atoms. The van der Waals surface area contributed by atoms with E-state index in [1.54, 1.807) is 0 Å². The van der Waals surface area contributed by atoms with Crippen molar-refractivity contribution in [2.24, 2.45) is 5.41 Å². The molecule has 0 saturated heterocycles. The molecule has 1 N–H and O–H groups in total. The maximum absolute atomic E-state index is 12.8. The molecule has 0 heterocycles. The predicted octanol–water partition coefficient (Wildman–Crippen LogP) is 3.17. The molecule has 0 radical (unpaired) electrons. The molecular formula is C22H22O5. The van der Waals surface area contributed by atoms with Crippen molar-refractivity contribution >= 4 is 11.9 Å². The van der Waals surface area contributed by atoms with Crippen molar-refractivity contribution in [1.29, 1.82) is 0 Å². The van der Waals surface area contributed by atoms with Crippen LogP contribution >= 0.6 is 0 Å². The molecule has 0 aliphatic heterocycles. The molecule has 1 unspecified atom stereocenters. The molecule has 1 aliphatic carbocycles. The molecule has 140 valence electrons. The van der Waals surface area contributed by atoms with Crippen LogP contribution < -0.4 is 0 Å². The highest BCUT2D eigenvalue weighted by molar-refractivity contribution is 6.01. The lowest BCUT2D eigenvalue weighted by molar-refractivity contribution is -0.174. The van der Waals surface area contributed by atoms with Gasteiger partial charge in [-0.05, 0) is 23.1 Å². The monoisotopic (exact) mass is 366 g/mol. The number of aliphatic hydroxyl groups is 1. The van der Waals surface area contributed by atoms with Gasteiger partial charge in [0.2, 0.25) is 0 Å². The van der Waals surface area contributed by atoms with Gasteiger partial charge in [0.25, 0.3) is 0 Å². The van der Waals surface area contributed by atoms with Gasteiger partial charge in [0, 0.05) is 6.42 Å². The quantitative estimate of drug-likeness (QED) is 0.483. The molecule has 0 bridgehead atoms. The summed E-state index contributed by atoms with van der Waals surface area (Å²) in [6.07, 6.45) is -0.985. The summed E-state index contributed by atoms with van der Waals surface area (Å²) in [5, 5.41) is 10.1. The molecule has 1 aliphatic rings. The second kappa shape index (κ2) is 8.18. The molecule has 0 spiro atoms. The Balaban J connectivity index is 1.72. The Morgan fingerprint density at radius 3 is 1.74 bits per heavy atom. The van der Waals surface area contributed by atoms with Crippen molar-refractivity contribution < 1.29 is 24.2 Å². The molecule has 0 amide bonds. The van der Waals surface area contributed by atoms with Gasteiger partial charge in [0.15, 0.2) is 5.41 Å². The van der Waals surface area contributed by atoms with E-state index in [-0.39, 0.29) is 26.1 Å². The van der Waals surface area contributed by atoms with Crippen molar-refractivity contribution in [2.45, 2.75) is 32.2 Å². The zero-order chi connectivity index (χ0) is 19.3. The van der Waals surface area contributed by atoms with Crippen molar-refractivity contribution in [3.05, 3.63) is 83.9 Å². The van der Waals surface area contributed by atoms with Gasteiger partial charge >= 0.3 is 11.9 Å². The topological polar surface area (TPSA) is 72.8 Å². The van der Waals surface area contributed by atoms with Crippen LogP contribution in [0.25, 0.3) is 0 Å². The van der Waals surface area contributed by atoms with Crippen molar-refractivity contribution in [2.75, 3.05) is 0 Å². The molecule has 0 aromatic heterocycles. The predicted molar refractivity (Wildman–Crippen MR) is 99.3 cm³/mol. The fraction of sp³-hybridized carbons (Fsp3) is 0.273. The van der Waals surface area contributed by atoms with Crippen LogP contribution in [0.15, 0.2) is 72.8 Å². The van der Waals surface area contributed by atoms with Gasteiger partial charge in [-0.2, -0.15) is 0 Å². The lowest BCUT2D eigenvalue weighted by Gasteiger charge is -2.24. The summed E-state index contributed by atoms with van der Waals surface area (Å²) in [4.78, 5) is 25.6. The minimum absolute atomic E-state index is 0.0232. The minimum Gasteiger partial charge on any atom is -0.460 e. The van der Waals surface area contributed by atoms with E-state index in [4.69, 9.17) is 9.47 Å². The number of esters is 2. The number of hydrogen-bond acceptors (Lipinski definition) is 5. The van der Waals surface area contributed by atoms with Crippen LogP contribution in [0.1, 0.15) is 24.0 Å². The highest BCUT2D eigenvalue weighted by Gasteiger charge is 2.55. The highest BCUT2D eigenvalue weighted by atomic mass is 16.6. The highest BCUT2D eigenvalue weighted by Crippen LogP contribution is 2.43. The van der Waals surface area contributed by atoms with E-state index in [1.807, 2.05) is 60.7 Å². The lowest BCUT2D eigenvalue weighted by Crippen LogP contribution is -2.40. The number of rotatable bonds is 6. The van der Waals surface area contributed by atoms with Crippen LogP contribution in [-0.4, -0.2) is 23.1 Å². The second-order valence-electron chi connectivity index (χ2n) is 6.76. The van der Waals surface area contributed by atoms with E-state index >= 15 is 0 Å². The summed E-state index contributed by atoms with van der Waals surface area (Å²) in [5.74, 6) is -1.38. The van der Waals surface area contributed by atoms with Gasteiger partial charge in [0.1, 0.15) is 13.2 Å². The first-order chi connectivity index (χ1) is 13.0. The normalized spacial score (nSPS) is 18.1. The number of carbonyl (C=O) groups excluding carboxylic acids is 2. The third kappa shape index (κ3) is 4.26. The maximum Gasteiger partial charge on any atom is 0.324 e. The van der Waals surface area contributed by atoms with E-state index in [0.29, 0.717) is 5.57 Å². The van der Waals surface area contributed by atoms with Gasteiger partial charge in [-0.25, -0.2) is 0 Å². The zero-order valence-electron chi connectivity index (χ0n) is 15.0. The van der Waals surface area contributed by atoms with E-state index in [0.717, 1.165) is 11.1 Å². The zero-order valence-corrected chi connectivity index (χ0v) is 15.0. The molecule has 5 nitrogen and oxygen atoms in total. The average Bonchev–Trinajstić information content (AvgIpc) is 3.01. The van der Waals surface area contributed by atoms with Crippen LogP contribution in [0.2, 0.25) is 0 Å². The molecule has 2 aromatic rings. The molecular weight excluding hydrogens is 344 g/mol. The number of benzene rings is 2. The smallest absolute Gasteiger partial charge is 0.324 e. The Kier molecular flexibility index (Phi) is 5.72. The molecule has 1 saturated carbocycles. The SMILES string of the molecule is C=C1CC(C(=O)OCc2ccccc2)(C(=O)OCc2ccccc2)CC1O. The summed E-state index contributed by atoms with van der Waals surface area (Å²) >= 11 is 0. The Hall–Kier alpha value is -2.92. The Morgan fingerprint density at radius 2 is 1.37 bits per heavy atom. The summed E-state index contributed by atoms with van der Waals surface area (Å²) in [5.41, 5.74) is 0.510. The molecule has 3 rings (SSSR count). The van der Waals surface area contributed by atoms with E-state index < -0.39 is 23.5 Å². The standard InChI is InChI=1S/C22H22O5/c1-16-12-22(13-19(16)23,20(24)26-14-17-8-4-2-5-9-17)21(25)27-15-18-10-6-3-7-11-18/h2-11,19,23H,1,12-15H2.